The van der Waals surface area contributed by atoms with Gasteiger partial charge in [-0.3, -0.25) is 9.59 Å². The predicted octanol–water partition coefficient (Wildman–Crippen LogP) is 4.96. The fourth-order valence-corrected chi connectivity index (χ4v) is 4.83. The van der Waals surface area contributed by atoms with Crippen LogP contribution in [0.1, 0.15) is 51.5 Å². The highest BCUT2D eigenvalue weighted by Crippen LogP contribution is 2.21. The molecule has 3 aromatic rings. The summed E-state index contributed by atoms with van der Waals surface area (Å²) in [5.41, 5.74) is 0.974. The highest BCUT2D eigenvalue weighted by molar-refractivity contribution is 9.10. The van der Waals surface area contributed by atoms with Gasteiger partial charge in [0, 0.05) is 27.5 Å². The standard InChI is InChI=1S/C24H24BrN3O3S/c25-17-8-6-7-16(13-17)23(29)27-19-11-4-5-12-20(19)28-24(30)21-15-32-22(26-21)14-31-18-9-2-1-3-10-18/h1-3,6-10,13,15,19-20H,4-5,11-12,14H2,(H,27,29)(H,28,30)/t19-,20-/m0/s1. The number of halogens is 1. The molecule has 2 atom stereocenters. The molecule has 0 unspecified atom stereocenters. The molecule has 8 heteroatoms. The van der Waals surface area contributed by atoms with E-state index in [1.807, 2.05) is 42.5 Å². The Hall–Kier alpha value is -2.71. The average Bonchev–Trinajstić information content (AvgIpc) is 3.29. The molecule has 6 nitrogen and oxygen atoms in total. The Morgan fingerprint density at radius 1 is 1.00 bits per heavy atom. The number of amides is 2. The lowest BCUT2D eigenvalue weighted by molar-refractivity contribution is 0.0860. The molecule has 2 amide bonds. The van der Waals surface area contributed by atoms with Crippen LogP contribution >= 0.6 is 27.3 Å². The molecule has 0 bridgehead atoms. The fourth-order valence-electron chi connectivity index (χ4n) is 3.74. The van der Waals surface area contributed by atoms with Crippen molar-refractivity contribution in [2.24, 2.45) is 0 Å². The molecule has 166 valence electrons. The number of benzene rings is 2. The number of carbonyl (C=O) groups is 2. The second kappa shape index (κ2) is 10.7. The second-order valence-electron chi connectivity index (χ2n) is 7.68. The van der Waals surface area contributed by atoms with Crippen LogP contribution in [0.2, 0.25) is 0 Å². The second-order valence-corrected chi connectivity index (χ2v) is 9.54. The zero-order valence-electron chi connectivity index (χ0n) is 17.4. The summed E-state index contributed by atoms with van der Waals surface area (Å²) in [6.45, 7) is 0.316. The van der Waals surface area contributed by atoms with Gasteiger partial charge in [-0.15, -0.1) is 11.3 Å². The maximum atomic E-state index is 12.8. The highest BCUT2D eigenvalue weighted by Gasteiger charge is 2.29. The third-order valence-electron chi connectivity index (χ3n) is 5.38. The van der Waals surface area contributed by atoms with Gasteiger partial charge in [-0.05, 0) is 43.2 Å². The minimum Gasteiger partial charge on any atom is -0.486 e. The summed E-state index contributed by atoms with van der Waals surface area (Å²) in [4.78, 5) is 29.9. The summed E-state index contributed by atoms with van der Waals surface area (Å²) >= 11 is 4.80. The van der Waals surface area contributed by atoms with E-state index in [9.17, 15) is 9.59 Å². The first-order valence-electron chi connectivity index (χ1n) is 10.6. The summed E-state index contributed by atoms with van der Waals surface area (Å²) in [5.74, 6) is 0.409. The van der Waals surface area contributed by atoms with Gasteiger partial charge in [-0.1, -0.05) is 53.0 Å². The molecule has 1 fully saturated rings. The fraction of sp³-hybridized carbons (Fsp3) is 0.292. The minimum absolute atomic E-state index is 0.112. The molecule has 0 spiro atoms. The van der Waals surface area contributed by atoms with E-state index >= 15 is 0 Å². The van der Waals surface area contributed by atoms with Crippen LogP contribution in [0.25, 0.3) is 0 Å². The quantitative estimate of drug-likeness (QED) is 0.468. The first-order valence-corrected chi connectivity index (χ1v) is 12.3. The highest BCUT2D eigenvalue weighted by atomic mass is 79.9. The number of ether oxygens (including phenoxy) is 1. The van der Waals surface area contributed by atoms with Crippen molar-refractivity contribution >= 4 is 39.1 Å². The number of hydrogen-bond donors (Lipinski definition) is 2. The van der Waals surface area contributed by atoms with Crippen molar-refractivity contribution < 1.29 is 14.3 Å². The zero-order chi connectivity index (χ0) is 22.3. The van der Waals surface area contributed by atoms with Crippen molar-refractivity contribution in [3.05, 3.63) is 80.7 Å². The molecule has 2 N–H and O–H groups in total. The molecule has 4 rings (SSSR count). The molecule has 1 heterocycles. The number of carbonyl (C=O) groups excluding carboxylic acids is 2. The van der Waals surface area contributed by atoms with Crippen molar-refractivity contribution in [2.75, 3.05) is 0 Å². The molecule has 1 aromatic heterocycles. The third-order valence-corrected chi connectivity index (χ3v) is 6.69. The Labute approximate surface area is 199 Å². The number of nitrogens with zero attached hydrogens (tertiary/aromatic N) is 1. The Morgan fingerprint density at radius 3 is 2.44 bits per heavy atom. The van der Waals surface area contributed by atoms with Crippen molar-refractivity contribution in [1.29, 1.82) is 0 Å². The summed E-state index contributed by atoms with van der Waals surface area (Å²) in [5, 5.41) is 8.67. The van der Waals surface area contributed by atoms with Crippen molar-refractivity contribution in [3.63, 3.8) is 0 Å². The largest absolute Gasteiger partial charge is 0.486 e. The van der Waals surface area contributed by atoms with Crippen LogP contribution in [0, 0.1) is 0 Å². The van der Waals surface area contributed by atoms with E-state index < -0.39 is 0 Å². The Balaban J connectivity index is 1.35. The predicted molar refractivity (Wildman–Crippen MR) is 128 cm³/mol. The van der Waals surface area contributed by atoms with E-state index in [1.165, 1.54) is 11.3 Å². The molecule has 1 saturated carbocycles. The van der Waals surface area contributed by atoms with Crippen molar-refractivity contribution in [2.45, 2.75) is 44.4 Å². The van der Waals surface area contributed by atoms with Crippen LogP contribution in [-0.4, -0.2) is 28.9 Å². The maximum Gasteiger partial charge on any atom is 0.271 e. The summed E-state index contributed by atoms with van der Waals surface area (Å²) in [6.07, 6.45) is 3.69. The van der Waals surface area contributed by atoms with E-state index in [-0.39, 0.29) is 23.9 Å². The van der Waals surface area contributed by atoms with Gasteiger partial charge in [0.15, 0.2) is 0 Å². The first kappa shape index (κ1) is 22.5. The van der Waals surface area contributed by atoms with E-state index in [0.29, 0.717) is 17.9 Å². The molecule has 2 aromatic carbocycles. The van der Waals surface area contributed by atoms with E-state index in [0.717, 1.165) is 40.9 Å². The lowest BCUT2D eigenvalue weighted by Gasteiger charge is -2.32. The van der Waals surface area contributed by atoms with Crippen LogP contribution in [0.4, 0.5) is 0 Å². The number of rotatable bonds is 7. The van der Waals surface area contributed by atoms with Gasteiger partial charge in [-0.25, -0.2) is 4.98 Å². The number of aromatic nitrogens is 1. The van der Waals surface area contributed by atoms with Gasteiger partial charge in [0.25, 0.3) is 11.8 Å². The van der Waals surface area contributed by atoms with Gasteiger partial charge >= 0.3 is 0 Å². The Morgan fingerprint density at radius 2 is 1.72 bits per heavy atom. The minimum atomic E-state index is -0.221. The molecular formula is C24H24BrN3O3S. The van der Waals surface area contributed by atoms with Gasteiger partial charge in [0.1, 0.15) is 23.1 Å². The maximum absolute atomic E-state index is 12.8. The molecule has 0 saturated heterocycles. The van der Waals surface area contributed by atoms with Crippen LogP contribution in [-0.2, 0) is 6.61 Å². The summed E-state index contributed by atoms with van der Waals surface area (Å²) < 4.78 is 6.57. The lowest BCUT2D eigenvalue weighted by Crippen LogP contribution is -2.53. The Kier molecular flexibility index (Phi) is 7.55. The van der Waals surface area contributed by atoms with Crippen LogP contribution in [0.3, 0.4) is 0 Å². The Bertz CT molecular complexity index is 1070. The molecule has 0 radical (unpaired) electrons. The SMILES string of the molecule is O=C(N[C@H]1CCCC[C@@H]1NC(=O)c1csc(COc2ccccc2)n1)c1cccc(Br)c1. The van der Waals surface area contributed by atoms with Gasteiger partial charge in [0.2, 0.25) is 0 Å². The van der Waals surface area contributed by atoms with E-state index in [1.54, 1.807) is 17.5 Å². The molecule has 1 aliphatic rings. The monoisotopic (exact) mass is 513 g/mol. The number of nitrogens with one attached hydrogen (secondary N) is 2. The number of thiazole rings is 1. The van der Waals surface area contributed by atoms with Crippen molar-refractivity contribution in [3.8, 4) is 5.75 Å². The first-order chi connectivity index (χ1) is 15.6. The lowest BCUT2D eigenvalue weighted by atomic mass is 9.90. The third kappa shape index (κ3) is 5.95. The smallest absolute Gasteiger partial charge is 0.271 e. The van der Waals surface area contributed by atoms with Crippen LogP contribution < -0.4 is 15.4 Å². The summed E-state index contributed by atoms with van der Waals surface area (Å²) in [6, 6.07) is 16.6. The van der Waals surface area contributed by atoms with Crippen LogP contribution in [0.15, 0.2) is 64.5 Å². The average molecular weight is 514 g/mol. The van der Waals surface area contributed by atoms with E-state index in [4.69, 9.17) is 4.74 Å². The van der Waals surface area contributed by atoms with E-state index in [2.05, 4.69) is 31.5 Å². The molecule has 0 aliphatic heterocycles. The number of para-hydroxylation sites is 1. The summed E-state index contributed by atoms with van der Waals surface area (Å²) in [7, 11) is 0. The molecule has 32 heavy (non-hydrogen) atoms. The topological polar surface area (TPSA) is 80.3 Å². The van der Waals surface area contributed by atoms with Gasteiger partial charge in [0.05, 0.1) is 0 Å². The van der Waals surface area contributed by atoms with Crippen molar-refractivity contribution in [1.82, 2.24) is 15.6 Å². The molecular weight excluding hydrogens is 490 g/mol. The van der Waals surface area contributed by atoms with Gasteiger partial charge < -0.3 is 15.4 Å². The number of hydrogen-bond acceptors (Lipinski definition) is 5. The van der Waals surface area contributed by atoms with Crippen LogP contribution in [0.5, 0.6) is 5.75 Å². The zero-order valence-corrected chi connectivity index (χ0v) is 19.8. The van der Waals surface area contributed by atoms with Gasteiger partial charge in [-0.2, -0.15) is 0 Å². The normalized spacial score (nSPS) is 18.0. The molecule has 1 aliphatic carbocycles.